The van der Waals surface area contributed by atoms with Gasteiger partial charge in [0.1, 0.15) is 0 Å². The predicted octanol–water partition coefficient (Wildman–Crippen LogP) is 0.911. The van der Waals surface area contributed by atoms with Crippen molar-refractivity contribution in [1.29, 1.82) is 0 Å². The Kier molecular flexibility index (Phi) is 3.29. The van der Waals surface area contributed by atoms with Gasteiger partial charge in [-0.2, -0.15) is 4.31 Å². The molecule has 1 aliphatic rings. The van der Waals surface area contributed by atoms with E-state index in [2.05, 4.69) is 4.98 Å². The first-order valence-corrected chi connectivity index (χ1v) is 7.47. The summed E-state index contributed by atoms with van der Waals surface area (Å²) < 4.78 is 26.1. The lowest BCUT2D eigenvalue weighted by molar-refractivity contribution is 0.258. The molecule has 1 saturated heterocycles. The largest absolute Gasteiger partial charge is 0.315 e. The van der Waals surface area contributed by atoms with Crippen molar-refractivity contribution in [3.8, 4) is 0 Å². The number of nitrogens with zero attached hydrogens (tertiary/aromatic N) is 2. The second-order valence-electron chi connectivity index (χ2n) is 3.88. The van der Waals surface area contributed by atoms with Crippen molar-refractivity contribution < 1.29 is 8.42 Å². The van der Waals surface area contributed by atoms with Gasteiger partial charge in [-0.05, 0) is 26.2 Å². The Morgan fingerprint density at radius 2 is 2.31 bits per heavy atom. The van der Waals surface area contributed by atoms with Crippen molar-refractivity contribution in [3.63, 3.8) is 0 Å². The summed E-state index contributed by atoms with van der Waals surface area (Å²) in [5, 5.41) is 0.754. The molecule has 1 unspecified atom stereocenters. The van der Waals surface area contributed by atoms with Gasteiger partial charge in [-0.15, -0.1) is 11.3 Å². The van der Waals surface area contributed by atoms with Gasteiger partial charge >= 0.3 is 0 Å². The maximum absolute atomic E-state index is 12.2. The van der Waals surface area contributed by atoms with Gasteiger partial charge in [0, 0.05) is 6.54 Å². The molecule has 1 aromatic heterocycles. The molecule has 2 rings (SSSR count). The van der Waals surface area contributed by atoms with Gasteiger partial charge in [-0.3, -0.25) is 0 Å². The summed E-state index contributed by atoms with van der Waals surface area (Å²) in [5.74, 6) is 0. The second kappa shape index (κ2) is 4.40. The van der Waals surface area contributed by atoms with Crippen LogP contribution in [0.15, 0.2) is 10.4 Å². The number of aromatic nitrogens is 1. The Morgan fingerprint density at radius 1 is 1.56 bits per heavy atom. The SMILES string of the molecule is Cc1ncc(S(=O)(=O)N2CCCCC2N)s1. The number of sulfonamides is 1. The highest BCUT2D eigenvalue weighted by Crippen LogP contribution is 2.26. The molecule has 2 heterocycles. The van der Waals surface area contributed by atoms with Crippen LogP contribution in [0.25, 0.3) is 0 Å². The molecule has 0 aliphatic carbocycles. The third kappa shape index (κ3) is 2.13. The van der Waals surface area contributed by atoms with E-state index in [1.165, 1.54) is 21.8 Å². The fraction of sp³-hybridized carbons (Fsp3) is 0.667. The van der Waals surface area contributed by atoms with Gasteiger partial charge in [0.15, 0.2) is 4.21 Å². The number of rotatable bonds is 2. The van der Waals surface area contributed by atoms with E-state index in [0.717, 1.165) is 24.3 Å². The molecule has 0 bridgehead atoms. The molecular formula is C9H15N3O2S2. The molecule has 5 nitrogen and oxygen atoms in total. The molecule has 7 heteroatoms. The van der Waals surface area contributed by atoms with E-state index in [0.29, 0.717) is 10.8 Å². The minimum absolute atomic E-state index is 0.294. The molecule has 0 aromatic carbocycles. The van der Waals surface area contributed by atoms with Crippen molar-refractivity contribution in [2.24, 2.45) is 5.73 Å². The minimum Gasteiger partial charge on any atom is -0.315 e. The van der Waals surface area contributed by atoms with Crippen LogP contribution in [0.1, 0.15) is 24.3 Å². The summed E-state index contributed by atoms with van der Waals surface area (Å²) in [6.45, 7) is 2.31. The Balaban J connectivity index is 2.31. The number of nitrogens with two attached hydrogens (primary N) is 1. The first-order chi connectivity index (χ1) is 7.51. The Morgan fingerprint density at radius 3 is 2.88 bits per heavy atom. The quantitative estimate of drug-likeness (QED) is 0.858. The van der Waals surface area contributed by atoms with E-state index in [9.17, 15) is 8.42 Å². The smallest absolute Gasteiger partial charge is 0.255 e. The van der Waals surface area contributed by atoms with Crippen molar-refractivity contribution in [3.05, 3.63) is 11.2 Å². The van der Waals surface area contributed by atoms with Crippen LogP contribution in [0.4, 0.5) is 0 Å². The van der Waals surface area contributed by atoms with Crippen LogP contribution in [0, 0.1) is 6.92 Å². The van der Waals surface area contributed by atoms with Gasteiger partial charge in [0.25, 0.3) is 10.0 Å². The molecular weight excluding hydrogens is 246 g/mol. The first-order valence-electron chi connectivity index (χ1n) is 5.21. The van der Waals surface area contributed by atoms with Gasteiger partial charge in [-0.1, -0.05) is 0 Å². The summed E-state index contributed by atoms with van der Waals surface area (Å²) in [4.78, 5) is 3.97. The average Bonchev–Trinajstić information content (AvgIpc) is 2.66. The number of piperidine rings is 1. The summed E-state index contributed by atoms with van der Waals surface area (Å²) in [5.41, 5.74) is 5.84. The zero-order valence-electron chi connectivity index (χ0n) is 9.09. The molecule has 0 saturated carbocycles. The molecule has 1 aromatic rings. The van der Waals surface area contributed by atoms with E-state index in [4.69, 9.17) is 5.73 Å². The fourth-order valence-corrected chi connectivity index (χ4v) is 4.63. The van der Waals surface area contributed by atoms with Crippen molar-refractivity contribution in [1.82, 2.24) is 9.29 Å². The second-order valence-corrected chi connectivity index (χ2v) is 7.23. The first kappa shape index (κ1) is 12.0. The summed E-state index contributed by atoms with van der Waals surface area (Å²) in [6.07, 6.45) is 3.63. The van der Waals surface area contributed by atoms with Gasteiger partial charge in [0.2, 0.25) is 0 Å². The van der Waals surface area contributed by atoms with Crippen LogP contribution >= 0.6 is 11.3 Å². The molecule has 0 radical (unpaired) electrons. The zero-order chi connectivity index (χ0) is 11.8. The molecule has 16 heavy (non-hydrogen) atoms. The standard InChI is InChI=1S/C9H15N3O2S2/c1-7-11-6-9(15-7)16(13,14)12-5-3-2-4-8(12)10/h6,8H,2-5,10H2,1H3. The van der Waals surface area contributed by atoms with Crippen LogP contribution in [0.5, 0.6) is 0 Å². The van der Waals surface area contributed by atoms with Crippen LogP contribution in [-0.4, -0.2) is 30.4 Å². The van der Waals surface area contributed by atoms with Crippen LogP contribution in [0.2, 0.25) is 0 Å². The molecule has 1 atom stereocenters. The summed E-state index contributed by atoms with van der Waals surface area (Å²) in [7, 11) is -3.43. The van der Waals surface area contributed by atoms with Crippen LogP contribution in [-0.2, 0) is 10.0 Å². The van der Waals surface area contributed by atoms with Crippen molar-refractivity contribution >= 4 is 21.4 Å². The van der Waals surface area contributed by atoms with E-state index in [1.807, 2.05) is 0 Å². The number of hydrogen-bond acceptors (Lipinski definition) is 5. The highest BCUT2D eigenvalue weighted by Gasteiger charge is 2.32. The highest BCUT2D eigenvalue weighted by atomic mass is 32.2. The molecule has 1 aliphatic heterocycles. The fourth-order valence-electron chi connectivity index (χ4n) is 1.81. The van der Waals surface area contributed by atoms with E-state index >= 15 is 0 Å². The number of hydrogen-bond donors (Lipinski definition) is 1. The minimum atomic E-state index is -3.43. The lowest BCUT2D eigenvalue weighted by Crippen LogP contribution is -2.48. The Bertz CT molecular complexity index is 469. The summed E-state index contributed by atoms with van der Waals surface area (Å²) >= 11 is 1.19. The van der Waals surface area contributed by atoms with Gasteiger partial charge < -0.3 is 5.73 Å². The zero-order valence-corrected chi connectivity index (χ0v) is 10.7. The monoisotopic (exact) mass is 261 g/mol. The Labute approximate surface area is 99.3 Å². The predicted molar refractivity (Wildman–Crippen MR) is 62.6 cm³/mol. The van der Waals surface area contributed by atoms with Crippen molar-refractivity contribution in [2.75, 3.05) is 6.54 Å². The van der Waals surface area contributed by atoms with Crippen molar-refractivity contribution in [2.45, 2.75) is 36.6 Å². The maximum Gasteiger partial charge on any atom is 0.255 e. The summed E-state index contributed by atoms with van der Waals surface area (Å²) in [6, 6.07) is 0. The normalized spacial score (nSPS) is 23.5. The molecule has 0 amide bonds. The highest BCUT2D eigenvalue weighted by molar-refractivity contribution is 7.91. The van der Waals surface area contributed by atoms with E-state index in [1.54, 1.807) is 6.92 Å². The lowest BCUT2D eigenvalue weighted by Gasteiger charge is -2.31. The molecule has 1 fully saturated rings. The topological polar surface area (TPSA) is 76.3 Å². The molecule has 2 N–H and O–H groups in total. The van der Waals surface area contributed by atoms with Gasteiger partial charge in [0.05, 0.1) is 17.4 Å². The van der Waals surface area contributed by atoms with E-state index in [-0.39, 0.29) is 6.17 Å². The average molecular weight is 261 g/mol. The maximum atomic E-state index is 12.2. The number of aryl methyl sites for hydroxylation is 1. The molecule has 90 valence electrons. The van der Waals surface area contributed by atoms with Crippen LogP contribution in [0.3, 0.4) is 0 Å². The van der Waals surface area contributed by atoms with Gasteiger partial charge in [-0.25, -0.2) is 13.4 Å². The third-order valence-corrected chi connectivity index (χ3v) is 5.94. The number of thiazole rings is 1. The Hall–Kier alpha value is -0.500. The van der Waals surface area contributed by atoms with E-state index < -0.39 is 10.0 Å². The lowest BCUT2D eigenvalue weighted by atomic mass is 10.1. The van der Waals surface area contributed by atoms with Crippen LogP contribution < -0.4 is 5.73 Å². The molecule has 0 spiro atoms. The third-order valence-electron chi connectivity index (χ3n) is 2.66.